The molecule has 2 heterocycles. The molecule has 0 aliphatic heterocycles. The highest BCUT2D eigenvalue weighted by molar-refractivity contribution is 5.99. The van der Waals surface area contributed by atoms with Crippen LogP contribution in [0.1, 0.15) is 76.1 Å². The van der Waals surface area contributed by atoms with Gasteiger partial charge in [-0.15, -0.1) is 0 Å². The predicted molar refractivity (Wildman–Crippen MR) is 249 cm³/mol. The molecule has 0 saturated carbocycles. The number of hydrogen-bond acceptors (Lipinski definition) is 2. The number of aromatic nitrogens is 2. The molecule has 58 heavy (non-hydrogen) atoms. The first-order chi connectivity index (χ1) is 28.4. The van der Waals surface area contributed by atoms with Crippen molar-refractivity contribution in [3.8, 4) is 11.3 Å². The lowest BCUT2D eigenvalue weighted by Crippen LogP contribution is -2.17. The van der Waals surface area contributed by atoms with E-state index >= 15 is 0 Å². The van der Waals surface area contributed by atoms with Gasteiger partial charge in [0.05, 0.1) is 28.8 Å². The van der Waals surface area contributed by atoms with Crippen LogP contribution in [0.5, 0.6) is 0 Å². The summed E-state index contributed by atoms with van der Waals surface area (Å²) < 4.78 is 2.38. The van der Waals surface area contributed by atoms with Gasteiger partial charge in [-0.05, 0) is 116 Å². The first kappa shape index (κ1) is 37.1. The fraction of sp³-hybridized carbons (Fsp3) is 0.182. The Labute approximate surface area is 344 Å². The maximum atomic E-state index is 5.18. The predicted octanol–water partition coefficient (Wildman–Crippen LogP) is 14.9. The van der Waals surface area contributed by atoms with E-state index in [2.05, 4.69) is 213 Å². The third-order valence-electron chi connectivity index (χ3n) is 12.2. The molecule has 0 bridgehead atoms. The van der Waals surface area contributed by atoms with Crippen molar-refractivity contribution in [1.29, 1.82) is 0 Å². The van der Waals surface area contributed by atoms with E-state index in [1.807, 2.05) is 6.20 Å². The number of rotatable bonds is 7. The second kappa shape index (κ2) is 15.8. The Hall–Kier alpha value is -6.45. The SMILES string of the molecule is C/C=C\C=C(/C)n1c2c(c3cc(-c4ccc(N(C5=CCCC6=C(C=C5)C5=C(C=CC=CC5)C6(C)C)c5ccc(C6C=CC=CC=C6)cc5)cn4)ccc31)C=CCC=C2. The normalized spacial score (nSPS) is 18.6. The summed E-state index contributed by atoms with van der Waals surface area (Å²) in [5.74, 6) is 0.240. The highest BCUT2D eigenvalue weighted by Gasteiger charge is 2.37. The van der Waals surface area contributed by atoms with Crippen LogP contribution in [0.2, 0.25) is 0 Å². The topological polar surface area (TPSA) is 21.1 Å². The highest BCUT2D eigenvalue weighted by atomic mass is 15.2. The number of pyridine rings is 1. The van der Waals surface area contributed by atoms with Gasteiger partial charge in [-0.2, -0.15) is 0 Å². The van der Waals surface area contributed by atoms with Crippen molar-refractivity contribution in [2.24, 2.45) is 5.41 Å². The third-order valence-corrected chi connectivity index (χ3v) is 12.2. The Kier molecular flexibility index (Phi) is 10.1. The molecule has 0 spiro atoms. The number of allylic oxidation sites excluding steroid dienone is 23. The van der Waals surface area contributed by atoms with Gasteiger partial charge < -0.3 is 9.47 Å². The van der Waals surface area contributed by atoms with E-state index < -0.39 is 0 Å². The van der Waals surface area contributed by atoms with E-state index in [1.54, 1.807) is 5.57 Å². The molecule has 9 rings (SSSR count). The van der Waals surface area contributed by atoms with Gasteiger partial charge in [0.15, 0.2) is 0 Å². The Morgan fingerprint density at radius 1 is 0.828 bits per heavy atom. The lowest BCUT2D eigenvalue weighted by Gasteiger charge is -2.29. The highest BCUT2D eigenvalue weighted by Crippen LogP contribution is 2.52. The molecule has 5 aliphatic carbocycles. The van der Waals surface area contributed by atoms with Gasteiger partial charge in [0.2, 0.25) is 0 Å². The summed E-state index contributed by atoms with van der Waals surface area (Å²) in [4.78, 5) is 7.56. The van der Waals surface area contributed by atoms with Crippen molar-refractivity contribution in [1.82, 2.24) is 9.55 Å². The summed E-state index contributed by atoms with van der Waals surface area (Å²) in [6.07, 6.45) is 50.5. The molecule has 4 aromatic rings. The van der Waals surface area contributed by atoms with Gasteiger partial charge >= 0.3 is 0 Å². The zero-order valence-corrected chi connectivity index (χ0v) is 34.1. The van der Waals surface area contributed by atoms with Gasteiger partial charge in [0, 0.05) is 44.9 Å². The van der Waals surface area contributed by atoms with E-state index in [9.17, 15) is 0 Å². The lowest BCUT2D eigenvalue weighted by molar-refractivity contribution is 0.536. The Balaban J connectivity index is 1.10. The molecule has 0 radical (unpaired) electrons. The van der Waals surface area contributed by atoms with Gasteiger partial charge in [-0.1, -0.05) is 141 Å². The Morgan fingerprint density at radius 2 is 1.64 bits per heavy atom. The van der Waals surface area contributed by atoms with Crippen LogP contribution in [0.3, 0.4) is 0 Å². The van der Waals surface area contributed by atoms with Crippen LogP contribution in [-0.2, 0) is 0 Å². The first-order valence-corrected chi connectivity index (χ1v) is 20.8. The molecule has 0 atom stereocenters. The van der Waals surface area contributed by atoms with Crippen LogP contribution in [-0.4, -0.2) is 9.55 Å². The Bertz CT molecular complexity index is 2660. The molecular formula is C55H51N3. The largest absolute Gasteiger partial charge is 0.313 e. The third kappa shape index (κ3) is 6.85. The first-order valence-electron chi connectivity index (χ1n) is 20.8. The van der Waals surface area contributed by atoms with Crippen molar-refractivity contribution in [3.05, 3.63) is 215 Å². The van der Waals surface area contributed by atoms with Crippen molar-refractivity contribution in [2.45, 2.75) is 59.3 Å². The van der Waals surface area contributed by atoms with E-state index in [0.29, 0.717) is 0 Å². The minimum atomic E-state index is 0.0214. The standard InChI is InChI=1S/C55H51N3/c1-5-6-18-39(2)57-53-26-16-10-14-23-48(53)49-37-42(29-36-54(49)57)52-35-33-45(38-56-52)58(44-30-27-41(28-31-44)40-19-11-7-8-12-20-40)43-21-17-25-51-47(34-32-43)46-22-13-9-15-24-50(46)55(51,3)4/h5-9,11-16,18-21,23-24,26-38,40H,10,17,22,25H2,1-4H3/b6-5-,34-32?,39-18+,43-21?. The molecule has 3 nitrogen and oxygen atoms in total. The van der Waals surface area contributed by atoms with Crippen molar-refractivity contribution in [3.63, 3.8) is 0 Å². The Morgan fingerprint density at radius 3 is 2.43 bits per heavy atom. The molecule has 2 aromatic heterocycles. The molecule has 0 N–H and O–H groups in total. The average molecular weight is 754 g/mol. The summed E-state index contributed by atoms with van der Waals surface area (Å²) in [5.41, 5.74) is 17.4. The molecule has 5 aliphatic rings. The molecule has 0 fully saturated rings. The maximum Gasteiger partial charge on any atom is 0.0703 e. The molecule has 3 heteroatoms. The molecular weight excluding hydrogens is 703 g/mol. The zero-order valence-electron chi connectivity index (χ0n) is 34.1. The summed E-state index contributed by atoms with van der Waals surface area (Å²) in [6, 6.07) is 20.3. The summed E-state index contributed by atoms with van der Waals surface area (Å²) in [7, 11) is 0. The van der Waals surface area contributed by atoms with Gasteiger partial charge in [0.1, 0.15) is 0 Å². The molecule has 0 amide bonds. The molecule has 286 valence electrons. The van der Waals surface area contributed by atoms with Crippen LogP contribution < -0.4 is 4.90 Å². The number of hydrogen-bond donors (Lipinski definition) is 0. The van der Waals surface area contributed by atoms with E-state index in [1.165, 1.54) is 50.1 Å². The van der Waals surface area contributed by atoms with Crippen LogP contribution in [0.4, 0.5) is 11.4 Å². The van der Waals surface area contributed by atoms with Gasteiger partial charge in [0.25, 0.3) is 0 Å². The maximum absolute atomic E-state index is 5.18. The average Bonchev–Trinajstić information content (AvgIpc) is 3.54. The van der Waals surface area contributed by atoms with E-state index in [0.717, 1.165) is 54.0 Å². The second-order valence-electron chi connectivity index (χ2n) is 16.2. The number of fused-ring (bicyclic) bond motifs is 4. The number of benzene rings is 2. The quantitative estimate of drug-likeness (QED) is 0.175. The lowest BCUT2D eigenvalue weighted by atomic mass is 9.78. The fourth-order valence-corrected chi connectivity index (χ4v) is 9.30. The summed E-state index contributed by atoms with van der Waals surface area (Å²) in [5, 5.41) is 1.23. The van der Waals surface area contributed by atoms with Crippen LogP contribution in [0, 0.1) is 5.41 Å². The van der Waals surface area contributed by atoms with Crippen molar-refractivity contribution < 1.29 is 0 Å². The minimum absolute atomic E-state index is 0.0214. The van der Waals surface area contributed by atoms with E-state index in [4.69, 9.17) is 4.98 Å². The fourth-order valence-electron chi connectivity index (χ4n) is 9.30. The second-order valence-corrected chi connectivity index (χ2v) is 16.2. The molecule has 0 unspecified atom stereocenters. The smallest absolute Gasteiger partial charge is 0.0703 e. The number of nitrogens with zero attached hydrogens (tertiary/aromatic N) is 3. The molecule has 0 saturated heterocycles. The summed E-state index contributed by atoms with van der Waals surface area (Å²) in [6.45, 7) is 9.04. The van der Waals surface area contributed by atoms with Gasteiger partial charge in [-0.3, -0.25) is 4.98 Å². The van der Waals surface area contributed by atoms with Crippen molar-refractivity contribution in [2.75, 3.05) is 4.90 Å². The summed E-state index contributed by atoms with van der Waals surface area (Å²) >= 11 is 0. The van der Waals surface area contributed by atoms with Crippen molar-refractivity contribution >= 4 is 40.1 Å². The van der Waals surface area contributed by atoms with Crippen LogP contribution in [0.15, 0.2) is 198 Å². The zero-order chi connectivity index (χ0) is 39.6. The van der Waals surface area contributed by atoms with Gasteiger partial charge in [-0.25, -0.2) is 0 Å². The monoisotopic (exact) mass is 753 g/mol. The molecule has 2 aromatic carbocycles. The van der Waals surface area contributed by atoms with Crippen LogP contribution >= 0.6 is 0 Å². The van der Waals surface area contributed by atoms with E-state index in [-0.39, 0.29) is 11.3 Å². The number of anilines is 2. The minimum Gasteiger partial charge on any atom is -0.313 e. The van der Waals surface area contributed by atoms with Crippen LogP contribution in [0.25, 0.3) is 40.0 Å².